The molecule has 0 aliphatic carbocycles. The lowest BCUT2D eigenvalue weighted by Gasteiger charge is -2.11. The highest BCUT2D eigenvalue weighted by atomic mass is 16.5. The van der Waals surface area contributed by atoms with E-state index in [0.29, 0.717) is 40.5 Å². The number of carbonyl (C=O) groups excluding carboxylic acids is 2. The fourth-order valence-electron chi connectivity index (χ4n) is 3.59. The van der Waals surface area contributed by atoms with Gasteiger partial charge in [-0.15, -0.1) is 0 Å². The molecule has 35 heavy (non-hydrogen) atoms. The molecule has 3 aromatic rings. The molecule has 0 unspecified atom stereocenters. The number of hydrogen-bond acceptors (Lipinski definition) is 5. The van der Waals surface area contributed by atoms with Crippen molar-refractivity contribution in [3.8, 4) is 17.2 Å². The van der Waals surface area contributed by atoms with E-state index in [2.05, 4.69) is 6.92 Å². The van der Waals surface area contributed by atoms with Crippen molar-refractivity contribution in [1.82, 2.24) is 0 Å². The van der Waals surface area contributed by atoms with Gasteiger partial charge in [0.1, 0.15) is 5.75 Å². The SMILES string of the molecule is CCCCCCOc1ccc(/C=C/C(=O)Oc2ccc(C(=O)c3ccccc3)cc2C)cc1OC. The lowest BCUT2D eigenvalue weighted by Crippen LogP contribution is -2.06. The van der Waals surface area contributed by atoms with Gasteiger partial charge in [-0.25, -0.2) is 4.79 Å². The molecule has 5 heteroatoms. The van der Waals surface area contributed by atoms with E-state index in [-0.39, 0.29) is 5.78 Å². The highest BCUT2D eigenvalue weighted by Crippen LogP contribution is 2.29. The zero-order valence-corrected chi connectivity index (χ0v) is 20.6. The number of esters is 1. The van der Waals surface area contributed by atoms with Crippen LogP contribution in [0.1, 0.15) is 59.7 Å². The fraction of sp³-hybridized carbons (Fsp3) is 0.267. The summed E-state index contributed by atoms with van der Waals surface area (Å²) in [5, 5.41) is 0. The van der Waals surface area contributed by atoms with E-state index in [0.717, 1.165) is 18.4 Å². The minimum absolute atomic E-state index is 0.0752. The third-order valence-corrected chi connectivity index (χ3v) is 5.54. The second kappa shape index (κ2) is 13.1. The Morgan fingerprint density at radius 1 is 0.829 bits per heavy atom. The van der Waals surface area contributed by atoms with E-state index in [4.69, 9.17) is 14.2 Å². The maximum Gasteiger partial charge on any atom is 0.336 e. The van der Waals surface area contributed by atoms with E-state index in [1.807, 2.05) is 36.4 Å². The summed E-state index contributed by atoms with van der Waals surface area (Å²) in [6.45, 7) is 4.63. The smallest absolute Gasteiger partial charge is 0.336 e. The number of unbranched alkanes of at least 4 members (excludes halogenated alkanes) is 3. The molecule has 0 radical (unpaired) electrons. The van der Waals surface area contributed by atoms with Crippen LogP contribution in [0.5, 0.6) is 17.2 Å². The Morgan fingerprint density at radius 3 is 2.31 bits per heavy atom. The third kappa shape index (κ3) is 7.57. The predicted molar refractivity (Wildman–Crippen MR) is 138 cm³/mol. The normalized spacial score (nSPS) is 10.8. The second-order valence-corrected chi connectivity index (χ2v) is 8.25. The number of hydrogen-bond donors (Lipinski definition) is 0. The third-order valence-electron chi connectivity index (χ3n) is 5.54. The van der Waals surface area contributed by atoms with Crippen LogP contribution in [-0.2, 0) is 4.79 Å². The molecular weight excluding hydrogens is 440 g/mol. The van der Waals surface area contributed by atoms with Crippen LogP contribution in [0.3, 0.4) is 0 Å². The molecule has 0 amide bonds. The molecule has 0 N–H and O–H groups in total. The summed E-state index contributed by atoms with van der Waals surface area (Å²) in [4.78, 5) is 25.0. The molecule has 0 heterocycles. The topological polar surface area (TPSA) is 61.8 Å². The molecule has 0 aromatic heterocycles. The lowest BCUT2D eigenvalue weighted by atomic mass is 10.0. The predicted octanol–water partition coefficient (Wildman–Crippen LogP) is 6.81. The molecule has 5 nitrogen and oxygen atoms in total. The monoisotopic (exact) mass is 472 g/mol. The molecule has 0 atom stereocenters. The summed E-state index contributed by atoms with van der Waals surface area (Å²) < 4.78 is 16.8. The lowest BCUT2D eigenvalue weighted by molar-refractivity contribution is -0.128. The van der Waals surface area contributed by atoms with Gasteiger partial charge in [0.2, 0.25) is 0 Å². The van der Waals surface area contributed by atoms with E-state index >= 15 is 0 Å². The van der Waals surface area contributed by atoms with Crippen LogP contribution in [0.2, 0.25) is 0 Å². The Labute approximate surface area is 207 Å². The van der Waals surface area contributed by atoms with Gasteiger partial charge >= 0.3 is 5.97 Å². The Kier molecular flexibility index (Phi) is 9.67. The molecule has 3 aromatic carbocycles. The summed E-state index contributed by atoms with van der Waals surface area (Å²) in [6, 6.07) is 19.6. The van der Waals surface area contributed by atoms with Crippen LogP contribution < -0.4 is 14.2 Å². The maximum absolute atomic E-state index is 12.6. The van der Waals surface area contributed by atoms with Gasteiger partial charge in [0.15, 0.2) is 17.3 Å². The Bertz CT molecular complexity index is 1160. The van der Waals surface area contributed by atoms with Gasteiger partial charge in [-0.2, -0.15) is 0 Å². The van der Waals surface area contributed by atoms with Crippen molar-refractivity contribution in [2.45, 2.75) is 39.5 Å². The largest absolute Gasteiger partial charge is 0.493 e. The number of ketones is 1. The molecule has 3 rings (SSSR count). The summed E-state index contributed by atoms with van der Waals surface area (Å²) in [5.74, 6) is 1.13. The molecule has 0 saturated heterocycles. The van der Waals surface area contributed by atoms with Gasteiger partial charge in [-0.1, -0.05) is 62.6 Å². The Hall–Kier alpha value is -3.86. The molecule has 0 aliphatic heterocycles. The highest BCUT2D eigenvalue weighted by Gasteiger charge is 2.12. The summed E-state index contributed by atoms with van der Waals surface area (Å²) in [7, 11) is 1.59. The number of methoxy groups -OCH3 is 1. The first kappa shape index (κ1) is 25.8. The molecule has 182 valence electrons. The fourth-order valence-corrected chi connectivity index (χ4v) is 3.59. The number of carbonyl (C=O) groups is 2. The van der Waals surface area contributed by atoms with Crippen molar-refractivity contribution in [3.63, 3.8) is 0 Å². The van der Waals surface area contributed by atoms with Gasteiger partial charge in [0.05, 0.1) is 13.7 Å². The number of aryl methyl sites for hydroxylation is 1. The maximum atomic E-state index is 12.6. The first-order chi connectivity index (χ1) is 17.0. The molecule has 0 spiro atoms. The first-order valence-corrected chi connectivity index (χ1v) is 11.9. The van der Waals surface area contributed by atoms with Crippen LogP contribution in [0.15, 0.2) is 72.8 Å². The van der Waals surface area contributed by atoms with Crippen molar-refractivity contribution in [1.29, 1.82) is 0 Å². The van der Waals surface area contributed by atoms with Crippen LogP contribution in [0, 0.1) is 6.92 Å². The number of ether oxygens (including phenoxy) is 3. The molecular formula is C30H32O5. The molecule has 0 fully saturated rings. The Balaban J connectivity index is 1.60. The minimum Gasteiger partial charge on any atom is -0.493 e. The van der Waals surface area contributed by atoms with Crippen molar-refractivity contribution < 1.29 is 23.8 Å². The molecule has 0 aliphatic rings. The quantitative estimate of drug-likeness (QED) is 0.0952. The zero-order chi connectivity index (χ0) is 25.0. The summed E-state index contributed by atoms with van der Waals surface area (Å²) in [5.41, 5.74) is 2.65. The average molecular weight is 473 g/mol. The Morgan fingerprint density at radius 2 is 1.60 bits per heavy atom. The zero-order valence-electron chi connectivity index (χ0n) is 20.6. The van der Waals surface area contributed by atoms with Crippen LogP contribution in [0.25, 0.3) is 6.08 Å². The van der Waals surface area contributed by atoms with E-state index < -0.39 is 5.97 Å². The number of benzene rings is 3. The molecule has 0 bridgehead atoms. The van der Waals surface area contributed by atoms with Crippen molar-refractivity contribution >= 4 is 17.8 Å². The van der Waals surface area contributed by atoms with Crippen LogP contribution >= 0.6 is 0 Å². The van der Waals surface area contributed by atoms with Crippen molar-refractivity contribution in [3.05, 3.63) is 95.1 Å². The van der Waals surface area contributed by atoms with Gasteiger partial charge in [-0.3, -0.25) is 4.79 Å². The van der Waals surface area contributed by atoms with Gasteiger partial charge in [-0.05, 0) is 60.9 Å². The van der Waals surface area contributed by atoms with Crippen molar-refractivity contribution in [2.24, 2.45) is 0 Å². The standard InChI is InChI=1S/C30H32O5/c1-4-5-6-10-19-34-27-16-13-23(21-28(27)33-3)14-18-29(31)35-26-17-15-25(20-22(26)2)30(32)24-11-8-7-9-12-24/h7-9,11-18,20-21H,4-6,10,19H2,1-3H3/b18-14+. The first-order valence-electron chi connectivity index (χ1n) is 11.9. The van der Waals surface area contributed by atoms with E-state index in [9.17, 15) is 9.59 Å². The number of rotatable bonds is 12. The summed E-state index contributed by atoms with van der Waals surface area (Å²) in [6.07, 6.45) is 7.57. The van der Waals surface area contributed by atoms with Crippen LogP contribution in [-0.4, -0.2) is 25.5 Å². The van der Waals surface area contributed by atoms with Gasteiger partial charge in [0.25, 0.3) is 0 Å². The van der Waals surface area contributed by atoms with Gasteiger partial charge < -0.3 is 14.2 Å². The van der Waals surface area contributed by atoms with E-state index in [1.54, 1.807) is 50.4 Å². The summed E-state index contributed by atoms with van der Waals surface area (Å²) >= 11 is 0. The molecule has 0 saturated carbocycles. The highest BCUT2D eigenvalue weighted by molar-refractivity contribution is 6.09. The average Bonchev–Trinajstić information content (AvgIpc) is 2.89. The van der Waals surface area contributed by atoms with Crippen molar-refractivity contribution in [2.75, 3.05) is 13.7 Å². The second-order valence-electron chi connectivity index (χ2n) is 8.25. The van der Waals surface area contributed by atoms with Crippen LogP contribution in [0.4, 0.5) is 0 Å². The van der Waals surface area contributed by atoms with E-state index in [1.165, 1.54) is 18.9 Å². The van der Waals surface area contributed by atoms with Gasteiger partial charge in [0, 0.05) is 17.2 Å². The minimum atomic E-state index is -0.509.